The van der Waals surface area contributed by atoms with Gasteiger partial charge in [-0.3, -0.25) is 4.90 Å². The summed E-state index contributed by atoms with van der Waals surface area (Å²) in [4.78, 5) is 32.9. The molecule has 0 spiro atoms. The summed E-state index contributed by atoms with van der Waals surface area (Å²) >= 11 is 0. The maximum absolute atomic E-state index is 12.9. The normalized spacial score (nSPS) is 17.4. The molecule has 9 nitrogen and oxygen atoms in total. The quantitative estimate of drug-likeness (QED) is 0.702. The van der Waals surface area contributed by atoms with Crippen LogP contribution in [0.5, 0.6) is 0 Å². The van der Waals surface area contributed by atoms with E-state index in [0.29, 0.717) is 25.5 Å². The van der Waals surface area contributed by atoms with Gasteiger partial charge in [-0.15, -0.1) is 0 Å². The summed E-state index contributed by atoms with van der Waals surface area (Å²) in [6, 6.07) is 7.13. The molecule has 0 N–H and O–H groups in total. The number of nitrogens with zero attached hydrogens (tertiary/aromatic N) is 4. The third-order valence-corrected chi connectivity index (χ3v) is 4.58. The Morgan fingerprint density at radius 1 is 0.968 bits per heavy atom. The van der Waals surface area contributed by atoms with Crippen LogP contribution >= 0.6 is 0 Å². The summed E-state index contributed by atoms with van der Waals surface area (Å²) < 4.78 is 15.9. The number of ether oxygens (including phenoxy) is 2. The lowest BCUT2D eigenvalue weighted by atomic mass is 10.0. The Morgan fingerprint density at radius 3 is 2.13 bits per heavy atom. The van der Waals surface area contributed by atoms with Crippen molar-refractivity contribution in [2.75, 3.05) is 19.6 Å². The summed E-state index contributed by atoms with van der Waals surface area (Å²) in [5.74, 6) is 0.481. The standard InChI is InChI=1S/C22H30N4O5/c1-21(2,3)30-19(27)25-11-12-26(20(28)31-22(4,5)6)17(13-25)15-7-9-16(10-8-15)18-23-14-29-24-18/h7-10,14,17H,11-13H2,1-6H3/t17-/m1/s1. The van der Waals surface area contributed by atoms with Gasteiger partial charge in [0.05, 0.1) is 6.04 Å². The van der Waals surface area contributed by atoms with Gasteiger partial charge in [0, 0.05) is 25.2 Å². The van der Waals surface area contributed by atoms with Gasteiger partial charge in [0.15, 0.2) is 0 Å². The Hall–Kier alpha value is -3.10. The van der Waals surface area contributed by atoms with E-state index >= 15 is 0 Å². The van der Waals surface area contributed by atoms with Crippen molar-refractivity contribution < 1.29 is 23.6 Å². The van der Waals surface area contributed by atoms with Crippen molar-refractivity contribution in [2.45, 2.75) is 58.8 Å². The van der Waals surface area contributed by atoms with E-state index in [-0.39, 0.29) is 6.04 Å². The van der Waals surface area contributed by atoms with Crippen molar-refractivity contribution in [3.05, 3.63) is 36.2 Å². The van der Waals surface area contributed by atoms with Gasteiger partial charge in [-0.25, -0.2) is 9.59 Å². The number of amides is 2. The molecule has 0 aliphatic carbocycles. The maximum atomic E-state index is 12.9. The van der Waals surface area contributed by atoms with Crippen molar-refractivity contribution in [1.29, 1.82) is 0 Å². The molecule has 1 aromatic heterocycles. The van der Waals surface area contributed by atoms with Gasteiger partial charge in [-0.05, 0) is 47.1 Å². The second-order valence-electron chi connectivity index (χ2n) is 9.49. The fraction of sp³-hybridized carbons (Fsp3) is 0.545. The molecule has 3 rings (SSSR count). The molecular formula is C22H30N4O5. The molecule has 168 valence electrons. The summed E-state index contributed by atoms with van der Waals surface area (Å²) in [7, 11) is 0. The van der Waals surface area contributed by atoms with Crippen LogP contribution in [0.25, 0.3) is 11.4 Å². The number of aromatic nitrogens is 2. The van der Waals surface area contributed by atoms with Crippen molar-refractivity contribution in [3.8, 4) is 11.4 Å². The average molecular weight is 431 g/mol. The van der Waals surface area contributed by atoms with Gasteiger partial charge >= 0.3 is 12.2 Å². The maximum Gasteiger partial charge on any atom is 0.410 e. The number of benzene rings is 1. The van der Waals surface area contributed by atoms with Crippen molar-refractivity contribution >= 4 is 12.2 Å². The van der Waals surface area contributed by atoms with Crippen LogP contribution in [0.1, 0.15) is 53.1 Å². The SMILES string of the molecule is CC(C)(C)OC(=O)N1CCN(C(=O)OC(C)(C)C)[C@@H](c2ccc(-c3ncon3)cc2)C1. The van der Waals surface area contributed by atoms with Crippen LogP contribution < -0.4 is 0 Å². The van der Waals surface area contributed by atoms with Crippen molar-refractivity contribution in [3.63, 3.8) is 0 Å². The molecule has 2 amide bonds. The highest BCUT2D eigenvalue weighted by molar-refractivity contribution is 5.71. The Bertz CT molecular complexity index is 897. The Balaban J connectivity index is 1.85. The molecular weight excluding hydrogens is 400 g/mol. The lowest BCUT2D eigenvalue weighted by Gasteiger charge is -2.42. The highest BCUT2D eigenvalue weighted by Gasteiger charge is 2.37. The van der Waals surface area contributed by atoms with E-state index in [1.807, 2.05) is 65.8 Å². The van der Waals surface area contributed by atoms with Crippen LogP contribution in [0.4, 0.5) is 9.59 Å². The van der Waals surface area contributed by atoms with E-state index in [9.17, 15) is 9.59 Å². The molecule has 1 aliphatic heterocycles. The second-order valence-corrected chi connectivity index (χ2v) is 9.49. The van der Waals surface area contributed by atoms with E-state index < -0.39 is 23.4 Å². The van der Waals surface area contributed by atoms with Gasteiger partial charge in [-0.2, -0.15) is 4.98 Å². The fourth-order valence-electron chi connectivity index (χ4n) is 3.25. The Morgan fingerprint density at radius 2 is 1.58 bits per heavy atom. The molecule has 31 heavy (non-hydrogen) atoms. The molecule has 1 aliphatic rings. The molecule has 0 bridgehead atoms. The van der Waals surface area contributed by atoms with E-state index in [0.717, 1.165) is 11.1 Å². The van der Waals surface area contributed by atoms with Crippen molar-refractivity contribution in [1.82, 2.24) is 19.9 Å². The van der Waals surface area contributed by atoms with Crippen LogP contribution in [0, 0.1) is 0 Å². The third-order valence-electron chi connectivity index (χ3n) is 4.58. The van der Waals surface area contributed by atoms with E-state index in [4.69, 9.17) is 14.0 Å². The van der Waals surface area contributed by atoms with E-state index in [1.54, 1.807) is 9.80 Å². The number of carbonyl (C=O) groups excluding carboxylic acids is 2. The first kappa shape index (κ1) is 22.6. The van der Waals surface area contributed by atoms with Gasteiger partial charge in [0.25, 0.3) is 0 Å². The summed E-state index contributed by atoms with van der Waals surface area (Å²) in [5.41, 5.74) is 0.445. The molecule has 1 saturated heterocycles. The van der Waals surface area contributed by atoms with Crippen LogP contribution in [-0.4, -0.2) is 63.0 Å². The van der Waals surface area contributed by atoms with Gasteiger partial charge < -0.3 is 18.9 Å². The van der Waals surface area contributed by atoms with Crippen LogP contribution in [-0.2, 0) is 9.47 Å². The zero-order chi connectivity index (χ0) is 22.8. The van der Waals surface area contributed by atoms with Crippen molar-refractivity contribution in [2.24, 2.45) is 0 Å². The van der Waals surface area contributed by atoms with Gasteiger partial charge in [0.1, 0.15) is 11.2 Å². The molecule has 1 fully saturated rings. The molecule has 1 aromatic carbocycles. The minimum atomic E-state index is -0.619. The first-order valence-corrected chi connectivity index (χ1v) is 10.3. The lowest BCUT2D eigenvalue weighted by molar-refractivity contribution is -0.0152. The summed E-state index contributed by atoms with van der Waals surface area (Å²) in [5, 5.41) is 3.84. The average Bonchev–Trinajstić information content (AvgIpc) is 3.20. The number of rotatable bonds is 2. The summed E-state index contributed by atoms with van der Waals surface area (Å²) in [6.45, 7) is 12.0. The van der Waals surface area contributed by atoms with Crippen LogP contribution in [0.2, 0.25) is 0 Å². The molecule has 1 atom stereocenters. The zero-order valence-electron chi connectivity index (χ0n) is 18.9. The zero-order valence-corrected chi connectivity index (χ0v) is 18.9. The first-order chi connectivity index (χ1) is 14.4. The number of carbonyl (C=O) groups is 2. The molecule has 0 radical (unpaired) electrons. The fourth-order valence-corrected chi connectivity index (χ4v) is 3.25. The lowest BCUT2D eigenvalue weighted by Crippen LogP contribution is -2.54. The molecule has 2 aromatic rings. The molecule has 0 saturated carbocycles. The first-order valence-electron chi connectivity index (χ1n) is 10.3. The molecule has 0 unspecified atom stereocenters. The number of piperazine rings is 1. The Labute approximate surface area is 182 Å². The largest absolute Gasteiger partial charge is 0.444 e. The minimum absolute atomic E-state index is 0.301. The smallest absolute Gasteiger partial charge is 0.410 e. The molecule has 9 heteroatoms. The van der Waals surface area contributed by atoms with Crippen LogP contribution in [0.3, 0.4) is 0 Å². The number of hydrogen-bond donors (Lipinski definition) is 0. The van der Waals surface area contributed by atoms with E-state index in [2.05, 4.69) is 10.1 Å². The van der Waals surface area contributed by atoms with E-state index in [1.165, 1.54) is 6.39 Å². The number of hydrogen-bond acceptors (Lipinski definition) is 7. The van der Waals surface area contributed by atoms with Crippen LogP contribution in [0.15, 0.2) is 35.2 Å². The summed E-state index contributed by atoms with van der Waals surface area (Å²) in [6.07, 6.45) is 0.459. The second kappa shape index (κ2) is 8.56. The highest BCUT2D eigenvalue weighted by Crippen LogP contribution is 2.29. The monoisotopic (exact) mass is 430 g/mol. The molecule has 2 heterocycles. The predicted molar refractivity (Wildman–Crippen MR) is 113 cm³/mol. The highest BCUT2D eigenvalue weighted by atomic mass is 16.6. The van der Waals surface area contributed by atoms with Gasteiger partial charge in [0.2, 0.25) is 12.2 Å². The Kier molecular flexibility index (Phi) is 6.24. The third kappa shape index (κ3) is 5.96. The minimum Gasteiger partial charge on any atom is -0.444 e. The van der Waals surface area contributed by atoms with Gasteiger partial charge in [-0.1, -0.05) is 29.4 Å². The topological polar surface area (TPSA) is 98.0 Å². The predicted octanol–water partition coefficient (Wildman–Crippen LogP) is 4.27.